The maximum Gasteiger partial charge on any atom is 0.341 e. The van der Waals surface area contributed by atoms with Crippen LogP contribution in [0, 0.1) is 0 Å². The van der Waals surface area contributed by atoms with E-state index in [-0.39, 0.29) is 24.3 Å². The normalized spacial score (nSPS) is 16.2. The number of aliphatic carboxylic acids is 1. The lowest BCUT2D eigenvalue weighted by molar-refractivity contribution is -0.139. The van der Waals surface area contributed by atoms with Gasteiger partial charge in [0, 0.05) is 19.3 Å². The van der Waals surface area contributed by atoms with Crippen molar-refractivity contribution < 1.29 is 24.2 Å². The largest absolute Gasteiger partial charge is 0.482 e. The standard InChI is InChI=1S/C25H29N3O5/c1-27(24(30)12-17-7-8-18-14-23(29)26-21(18)11-17)22(15-28-9-2-3-10-28)19-5-4-6-20(13-19)33-16-25(31)32/h4-8,11,13,22H,2-3,9-10,12,14-16H2,1H3,(H,26,29)(H,31,32). The zero-order chi connectivity index (χ0) is 23.4. The second-order valence-electron chi connectivity index (χ2n) is 8.68. The topological polar surface area (TPSA) is 99.2 Å². The maximum atomic E-state index is 13.3. The van der Waals surface area contributed by atoms with Crippen LogP contribution in [-0.4, -0.2) is 66.0 Å². The van der Waals surface area contributed by atoms with E-state index in [0.29, 0.717) is 18.7 Å². The maximum absolute atomic E-state index is 13.3. The number of carboxylic acids is 1. The highest BCUT2D eigenvalue weighted by atomic mass is 16.5. The van der Waals surface area contributed by atoms with Gasteiger partial charge in [0.2, 0.25) is 11.8 Å². The highest BCUT2D eigenvalue weighted by molar-refractivity contribution is 5.99. The van der Waals surface area contributed by atoms with E-state index in [2.05, 4.69) is 10.2 Å². The Morgan fingerprint density at radius 3 is 2.73 bits per heavy atom. The Kier molecular flexibility index (Phi) is 6.93. The van der Waals surface area contributed by atoms with Gasteiger partial charge in [-0.05, 0) is 60.8 Å². The monoisotopic (exact) mass is 451 g/mol. The molecular weight excluding hydrogens is 422 g/mol. The minimum Gasteiger partial charge on any atom is -0.482 e. The van der Waals surface area contributed by atoms with Gasteiger partial charge in [-0.1, -0.05) is 24.3 Å². The van der Waals surface area contributed by atoms with Crippen molar-refractivity contribution in [3.63, 3.8) is 0 Å². The van der Waals surface area contributed by atoms with Crippen molar-refractivity contribution in [2.24, 2.45) is 0 Å². The Balaban J connectivity index is 1.52. The van der Waals surface area contributed by atoms with Crippen LogP contribution in [0.5, 0.6) is 5.75 Å². The molecule has 1 unspecified atom stereocenters. The molecule has 33 heavy (non-hydrogen) atoms. The summed E-state index contributed by atoms with van der Waals surface area (Å²) in [7, 11) is 1.81. The number of nitrogens with zero attached hydrogens (tertiary/aromatic N) is 2. The van der Waals surface area contributed by atoms with Crippen LogP contribution in [0.1, 0.15) is 35.6 Å². The number of benzene rings is 2. The summed E-state index contributed by atoms with van der Waals surface area (Å²) in [5, 5.41) is 11.7. The molecule has 2 aromatic rings. The van der Waals surface area contributed by atoms with E-state index in [1.807, 2.05) is 43.4 Å². The van der Waals surface area contributed by atoms with Gasteiger partial charge in [-0.25, -0.2) is 4.79 Å². The van der Waals surface area contributed by atoms with Crippen molar-refractivity contribution in [2.45, 2.75) is 31.7 Å². The SMILES string of the molecule is CN(C(=O)Cc1ccc2c(c1)NC(=O)C2)C(CN1CCCC1)c1cccc(OCC(=O)O)c1. The third kappa shape index (κ3) is 5.70. The lowest BCUT2D eigenvalue weighted by Crippen LogP contribution is -2.39. The average Bonchev–Trinajstić information content (AvgIpc) is 3.44. The van der Waals surface area contributed by atoms with E-state index < -0.39 is 12.6 Å². The van der Waals surface area contributed by atoms with Crippen LogP contribution in [0.3, 0.4) is 0 Å². The third-order valence-corrected chi connectivity index (χ3v) is 6.25. The fourth-order valence-electron chi connectivity index (χ4n) is 4.46. The van der Waals surface area contributed by atoms with Crippen LogP contribution < -0.4 is 10.1 Å². The van der Waals surface area contributed by atoms with E-state index in [1.165, 1.54) is 0 Å². The Hall–Kier alpha value is -3.39. The first kappa shape index (κ1) is 22.8. The second-order valence-corrected chi connectivity index (χ2v) is 8.68. The van der Waals surface area contributed by atoms with Crippen molar-refractivity contribution >= 4 is 23.5 Å². The molecule has 2 aliphatic heterocycles. The number of carbonyl (C=O) groups is 3. The number of fused-ring (bicyclic) bond motifs is 1. The van der Waals surface area contributed by atoms with E-state index in [4.69, 9.17) is 9.84 Å². The number of rotatable bonds is 9. The molecule has 0 spiro atoms. The molecule has 1 saturated heterocycles. The lowest BCUT2D eigenvalue weighted by Gasteiger charge is -2.32. The van der Waals surface area contributed by atoms with Crippen LogP contribution in [0.25, 0.3) is 0 Å². The molecule has 0 aromatic heterocycles. The molecule has 1 fully saturated rings. The molecule has 0 saturated carbocycles. The van der Waals surface area contributed by atoms with Crippen LogP contribution >= 0.6 is 0 Å². The summed E-state index contributed by atoms with van der Waals surface area (Å²) in [5.41, 5.74) is 3.49. The molecule has 2 aliphatic rings. The zero-order valence-corrected chi connectivity index (χ0v) is 18.8. The molecule has 2 N–H and O–H groups in total. The highest BCUT2D eigenvalue weighted by Gasteiger charge is 2.26. The molecule has 0 aliphatic carbocycles. The molecule has 1 atom stereocenters. The van der Waals surface area contributed by atoms with Gasteiger partial charge in [0.05, 0.1) is 18.9 Å². The van der Waals surface area contributed by atoms with E-state index in [0.717, 1.165) is 48.3 Å². The number of anilines is 1. The quantitative estimate of drug-likeness (QED) is 0.608. The van der Waals surface area contributed by atoms with Gasteiger partial charge >= 0.3 is 5.97 Å². The molecule has 8 nitrogen and oxygen atoms in total. The van der Waals surface area contributed by atoms with Gasteiger partial charge in [0.15, 0.2) is 6.61 Å². The Morgan fingerprint density at radius 2 is 1.97 bits per heavy atom. The molecule has 0 radical (unpaired) electrons. The van der Waals surface area contributed by atoms with Crippen molar-refractivity contribution in [2.75, 3.05) is 38.6 Å². The van der Waals surface area contributed by atoms with Gasteiger partial charge < -0.3 is 25.0 Å². The third-order valence-electron chi connectivity index (χ3n) is 6.25. The molecule has 174 valence electrons. The molecule has 4 rings (SSSR count). The van der Waals surface area contributed by atoms with E-state index >= 15 is 0 Å². The van der Waals surface area contributed by atoms with Gasteiger partial charge in [0.1, 0.15) is 5.75 Å². The van der Waals surface area contributed by atoms with E-state index in [1.54, 1.807) is 11.0 Å². The summed E-state index contributed by atoms with van der Waals surface area (Å²) in [6.07, 6.45) is 2.90. The smallest absolute Gasteiger partial charge is 0.341 e. The predicted molar refractivity (Wildman–Crippen MR) is 123 cm³/mol. The number of carbonyl (C=O) groups excluding carboxylic acids is 2. The number of likely N-dealkylation sites (tertiary alicyclic amines) is 1. The number of amides is 2. The van der Waals surface area contributed by atoms with Crippen LogP contribution in [0.15, 0.2) is 42.5 Å². The molecular formula is C25H29N3O5. The van der Waals surface area contributed by atoms with Gasteiger partial charge in [-0.3, -0.25) is 9.59 Å². The number of carboxylic acid groups (broad SMARTS) is 1. The zero-order valence-electron chi connectivity index (χ0n) is 18.8. The summed E-state index contributed by atoms with van der Waals surface area (Å²) in [6, 6.07) is 12.8. The number of nitrogens with one attached hydrogen (secondary N) is 1. The summed E-state index contributed by atoms with van der Waals surface area (Å²) >= 11 is 0. The second kappa shape index (κ2) is 10.0. The van der Waals surface area contributed by atoms with Gasteiger partial charge in [-0.15, -0.1) is 0 Å². The Labute approximate surface area is 193 Å². The average molecular weight is 452 g/mol. The van der Waals surface area contributed by atoms with Crippen molar-refractivity contribution in [3.8, 4) is 5.75 Å². The van der Waals surface area contributed by atoms with Crippen molar-refractivity contribution in [1.29, 1.82) is 0 Å². The molecule has 2 aromatic carbocycles. The van der Waals surface area contributed by atoms with E-state index in [9.17, 15) is 14.4 Å². The van der Waals surface area contributed by atoms with Crippen LogP contribution in [-0.2, 0) is 27.2 Å². The van der Waals surface area contributed by atoms with Gasteiger partial charge in [0.25, 0.3) is 0 Å². The first-order valence-electron chi connectivity index (χ1n) is 11.2. The lowest BCUT2D eigenvalue weighted by atomic mass is 10.0. The van der Waals surface area contributed by atoms with Gasteiger partial charge in [-0.2, -0.15) is 0 Å². The first-order valence-corrected chi connectivity index (χ1v) is 11.2. The Bertz CT molecular complexity index is 1050. The summed E-state index contributed by atoms with van der Waals surface area (Å²) in [6.45, 7) is 2.28. The summed E-state index contributed by atoms with van der Waals surface area (Å²) in [5.74, 6) is -0.620. The summed E-state index contributed by atoms with van der Waals surface area (Å²) in [4.78, 5) is 39.9. The van der Waals surface area contributed by atoms with Crippen LogP contribution in [0.2, 0.25) is 0 Å². The molecule has 2 amide bonds. The fraction of sp³-hybridized carbons (Fsp3) is 0.400. The number of hydrogen-bond donors (Lipinski definition) is 2. The molecule has 2 heterocycles. The number of hydrogen-bond acceptors (Lipinski definition) is 5. The summed E-state index contributed by atoms with van der Waals surface area (Å²) < 4.78 is 5.36. The molecule has 8 heteroatoms. The van der Waals surface area contributed by atoms with Crippen LogP contribution in [0.4, 0.5) is 5.69 Å². The first-order chi connectivity index (χ1) is 15.9. The van der Waals surface area contributed by atoms with Crippen molar-refractivity contribution in [1.82, 2.24) is 9.80 Å². The minimum atomic E-state index is -1.04. The number of ether oxygens (including phenoxy) is 1. The minimum absolute atomic E-state index is 0.0266. The number of likely N-dealkylation sites (N-methyl/N-ethyl adjacent to an activating group) is 1. The molecule has 0 bridgehead atoms. The van der Waals surface area contributed by atoms with Crippen molar-refractivity contribution in [3.05, 3.63) is 59.2 Å². The Morgan fingerprint density at radius 1 is 1.18 bits per heavy atom. The fourth-order valence-corrected chi connectivity index (χ4v) is 4.46. The predicted octanol–water partition coefficient (Wildman–Crippen LogP) is 2.48. The highest BCUT2D eigenvalue weighted by Crippen LogP contribution is 2.28.